The third-order valence-corrected chi connectivity index (χ3v) is 9.56. The summed E-state index contributed by atoms with van der Waals surface area (Å²) in [6, 6.07) is 0. The Bertz CT molecular complexity index is 502. The van der Waals surface area contributed by atoms with E-state index in [-0.39, 0.29) is 12.0 Å². The predicted molar refractivity (Wildman–Crippen MR) is 96.5 cm³/mol. The van der Waals surface area contributed by atoms with Crippen LogP contribution in [0.1, 0.15) is 78.6 Å². The van der Waals surface area contributed by atoms with Crippen molar-refractivity contribution in [3.63, 3.8) is 0 Å². The van der Waals surface area contributed by atoms with Gasteiger partial charge in [-0.15, -0.1) is 0 Å². The minimum absolute atomic E-state index is 0.0437. The van der Waals surface area contributed by atoms with E-state index in [1.165, 1.54) is 51.2 Å². The molecule has 4 aliphatic rings. The number of hydrogen-bond acceptors (Lipinski definition) is 2. The molecular weight excluding hydrogens is 296 g/mol. The Morgan fingerprint density at radius 3 is 2.42 bits per heavy atom. The van der Waals surface area contributed by atoms with Crippen molar-refractivity contribution in [2.45, 2.75) is 84.7 Å². The normalized spacial score (nSPS) is 55.2. The smallest absolute Gasteiger partial charge is 0.123 e. The van der Waals surface area contributed by atoms with Crippen LogP contribution >= 0.6 is 0 Å². The van der Waals surface area contributed by atoms with Crippen molar-refractivity contribution >= 4 is 6.29 Å². The Kier molecular flexibility index (Phi) is 4.14. The highest BCUT2D eigenvalue weighted by atomic mass is 16.3. The molecule has 0 heterocycles. The zero-order valence-electron chi connectivity index (χ0n) is 15.8. The number of carbonyl (C=O) groups is 1. The lowest BCUT2D eigenvalue weighted by Gasteiger charge is -2.61. The van der Waals surface area contributed by atoms with Crippen LogP contribution in [0.5, 0.6) is 0 Å². The van der Waals surface area contributed by atoms with E-state index in [4.69, 9.17) is 0 Å². The van der Waals surface area contributed by atoms with Crippen LogP contribution in [0.4, 0.5) is 0 Å². The highest BCUT2D eigenvalue weighted by molar-refractivity contribution is 5.53. The summed E-state index contributed by atoms with van der Waals surface area (Å²) in [5, 5.41) is 10.1. The summed E-state index contributed by atoms with van der Waals surface area (Å²) < 4.78 is 0. The second kappa shape index (κ2) is 5.83. The van der Waals surface area contributed by atoms with Crippen LogP contribution in [-0.2, 0) is 4.79 Å². The molecule has 4 fully saturated rings. The molecule has 0 aromatic heterocycles. The Balaban J connectivity index is 1.60. The van der Waals surface area contributed by atoms with E-state index in [1.54, 1.807) is 0 Å². The maximum absolute atomic E-state index is 11.4. The van der Waals surface area contributed by atoms with Gasteiger partial charge in [-0.3, -0.25) is 0 Å². The van der Waals surface area contributed by atoms with E-state index in [1.807, 2.05) is 0 Å². The molecule has 4 rings (SSSR count). The Morgan fingerprint density at radius 1 is 0.958 bits per heavy atom. The van der Waals surface area contributed by atoms with Crippen molar-refractivity contribution in [3.05, 3.63) is 0 Å². The van der Waals surface area contributed by atoms with Crippen LogP contribution in [0.25, 0.3) is 0 Å². The summed E-state index contributed by atoms with van der Waals surface area (Å²) in [7, 11) is 0. The maximum Gasteiger partial charge on any atom is 0.123 e. The van der Waals surface area contributed by atoms with Crippen molar-refractivity contribution in [2.75, 3.05) is 0 Å². The highest BCUT2D eigenvalue weighted by Crippen LogP contribution is 2.68. The van der Waals surface area contributed by atoms with Gasteiger partial charge in [0, 0.05) is 5.92 Å². The lowest BCUT2D eigenvalue weighted by Crippen LogP contribution is -2.54. The zero-order valence-corrected chi connectivity index (χ0v) is 15.8. The molecular formula is C22H36O2. The van der Waals surface area contributed by atoms with Gasteiger partial charge in [0.15, 0.2) is 0 Å². The van der Waals surface area contributed by atoms with Crippen molar-refractivity contribution in [2.24, 2.45) is 46.3 Å². The van der Waals surface area contributed by atoms with Crippen LogP contribution in [0.15, 0.2) is 0 Å². The standard InChI is InChI=1S/C22H36O2/c1-14(13-23)18-6-7-19-17-5-4-15-12-16(24)8-10-21(15,2)20(17)9-11-22(18,19)3/h13-20,24H,4-12H2,1-3H3/t14?,15?,16?,17-,18+,19-,20-,21-,22+/m0/s1. The number of hydrogen-bond donors (Lipinski definition) is 1. The topological polar surface area (TPSA) is 37.3 Å². The number of rotatable bonds is 2. The lowest BCUT2D eigenvalue weighted by molar-refractivity contribution is -0.132. The predicted octanol–water partition coefficient (Wildman–Crippen LogP) is 4.84. The summed E-state index contributed by atoms with van der Waals surface area (Å²) in [4.78, 5) is 11.4. The average Bonchev–Trinajstić information content (AvgIpc) is 2.92. The second-order valence-electron chi connectivity index (χ2n) is 10.3. The largest absolute Gasteiger partial charge is 0.393 e. The number of fused-ring (bicyclic) bond motifs is 5. The Labute approximate surface area is 147 Å². The number of carbonyl (C=O) groups excluding carboxylic acids is 1. The number of aldehydes is 1. The van der Waals surface area contributed by atoms with E-state index in [0.717, 1.165) is 36.5 Å². The minimum atomic E-state index is -0.0437. The molecule has 0 aliphatic heterocycles. The molecule has 0 amide bonds. The zero-order chi connectivity index (χ0) is 17.1. The molecule has 0 bridgehead atoms. The SMILES string of the molecule is CC(C=O)[C@H]1CC[C@H]2[C@@H]3CCC4CC(O)CC[C@]4(C)[C@H]3CC[C@]12C. The average molecular weight is 333 g/mol. The lowest BCUT2D eigenvalue weighted by atomic mass is 9.44. The van der Waals surface area contributed by atoms with E-state index in [0.29, 0.717) is 16.7 Å². The molecule has 1 N–H and O–H groups in total. The molecule has 136 valence electrons. The molecule has 0 saturated heterocycles. The van der Waals surface area contributed by atoms with Crippen molar-refractivity contribution < 1.29 is 9.90 Å². The number of aliphatic hydroxyl groups is 1. The molecule has 3 unspecified atom stereocenters. The van der Waals surface area contributed by atoms with Crippen molar-refractivity contribution in [3.8, 4) is 0 Å². The van der Waals surface area contributed by atoms with Crippen LogP contribution in [0, 0.1) is 46.3 Å². The molecule has 2 nitrogen and oxygen atoms in total. The van der Waals surface area contributed by atoms with Crippen LogP contribution in [0.2, 0.25) is 0 Å². The van der Waals surface area contributed by atoms with Crippen LogP contribution < -0.4 is 0 Å². The summed E-state index contributed by atoms with van der Waals surface area (Å²) in [6.45, 7) is 7.23. The van der Waals surface area contributed by atoms with Gasteiger partial charge in [0.05, 0.1) is 6.10 Å². The molecule has 24 heavy (non-hydrogen) atoms. The summed E-state index contributed by atoms with van der Waals surface area (Å²) >= 11 is 0. The third kappa shape index (κ3) is 2.27. The van der Waals surface area contributed by atoms with Gasteiger partial charge < -0.3 is 9.90 Å². The summed E-state index contributed by atoms with van der Waals surface area (Å²) in [5.41, 5.74) is 0.872. The van der Waals surface area contributed by atoms with Crippen LogP contribution in [-0.4, -0.2) is 17.5 Å². The fourth-order valence-corrected chi connectivity index (χ4v) is 8.23. The monoisotopic (exact) mass is 332 g/mol. The van der Waals surface area contributed by atoms with E-state index >= 15 is 0 Å². The van der Waals surface area contributed by atoms with Gasteiger partial charge in [-0.1, -0.05) is 20.8 Å². The van der Waals surface area contributed by atoms with Gasteiger partial charge in [-0.05, 0) is 98.2 Å². The maximum atomic E-state index is 11.4. The van der Waals surface area contributed by atoms with Gasteiger partial charge in [0.25, 0.3) is 0 Å². The fraction of sp³-hybridized carbons (Fsp3) is 0.955. The first-order valence-corrected chi connectivity index (χ1v) is 10.5. The van der Waals surface area contributed by atoms with Crippen molar-refractivity contribution in [1.29, 1.82) is 0 Å². The van der Waals surface area contributed by atoms with E-state index in [9.17, 15) is 9.90 Å². The molecule has 9 atom stereocenters. The third-order valence-electron chi connectivity index (χ3n) is 9.56. The molecule has 4 aliphatic carbocycles. The molecule has 0 aromatic rings. The molecule has 0 radical (unpaired) electrons. The van der Waals surface area contributed by atoms with E-state index in [2.05, 4.69) is 20.8 Å². The van der Waals surface area contributed by atoms with Gasteiger partial charge >= 0.3 is 0 Å². The first-order chi connectivity index (χ1) is 11.4. The van der Waals surface area contributed by atoms with Crippen LogP contribution in [0.3, 0.4) is 0 Å². The first-order valence-electron chi connectivity index (χ1n) is 10.5. The van der Waals surface area contributed by atoms with Gasteiger partial charge in [0.2, 0.25) is 0 Å². The quantitative estimate of drug-likeness (QED) is 0.735. The van der Waals surface area contributed by atoms with Gasteiger partial charge in [-0.2, -0.15) is 0 Å². The fourth-order valence-electron chi connectivity index (χ4n) is 8.23. The van der Waals surface area contributed by atoms with E-state index < -0.39 is 0 Å². The molecule has 0 spiro atoms. The van der Waals surface area contributed by atoms with Crippen molar-refractivity contribution in [1.82, 2.24) is 0 Å². The van der Waals surface area contributed by atoms with Gasteiger partial charge in [-0.25, -0.2) is 0 Å². The first kappa shape index (κ1) is 17.1. The molecule has 0 aromatic carbocycles. The second-order valence-corrected chi connectivity index (χ2v) is 10.3. The highest BCUT2D eigenvalue weighted by Gasteiger charge is 2.60. The molecule has 4 saturated carbocycles. The number of aliphatic hydroxyl groups excluding tert-OH is 1. The summed E-state index contributed by atoms with van der Waals surface area (Å²) in [5.74, 6) is 4.18. The minimum Gasteiger partial charge on any atom is -0.393 e. The summed E-state index contributed by atoms with van der Waals surface area (Å²) in [6.07, 6.45) is 12.5. The Hall–Kier alpha value is -0.370. The molecule has 2 heteroatoms. The Morgan fingerprint density at radius 2 is 1.67 bits per heavy atom. The van der Waals surface area contributed by atoms with Gasteiger partial charge in [0.1, 0.15) is 6.29 Å².